The predicted octanol–water partition coefficient (Wildman–Crippen LogP) is 5.92. The van der Waals surface area contributed by atoms with Gasteiger partial charge in [0, 0.05) is 24.5 Å². The molecule has 31 heavy (non-hydrogen) atoms. The van der Waals surface area contributed by atoms with Crippen LogP contribution in [-0.4, -0.2) is 47.4 Å². The number of fused-ring (bicyclic) bond motifs is 2. The van der Waals surface area contributed by atoms with Crippen LogP contribution in [0.3, 0.4) is 0 Å². The molecule has 0 aromatic carbocycles. The van der Waals surface area contributed by atoms with Gasteiger partial charge in [0.1, 0.15) is 0 Å². The number of nitrogens with zero attached hydrogens (tertiary/aromatic N) is 1. The number of halogens is 4. The smallest absolute Gasteiger partial charge is 0.359 e. The maximum Gasteiger partial charge on any atom is 0.450 e. The van der Waals surface area contributed by atoms with Crippen molar-refractivity contribution in [2.45, 2.75) is 75.4 Å². The first kappa shape index (κ1) is 23.2. The van der Waals surface area contributed by atoms with E-state index >= 15 is 0 Å². The van der Waals surface area contributed by atoms with Crippen molar-refractivity contribution < 1.29 is 18.0 Å². The first-order valence-electron chi connectivity index (χ1n) is 11.3. The summed E-state index contributed by atoms with van der Waals surface area (Å²) in [4.78, 5) is 14.9. The van der Waals surface area contributed by atoms with Crippen molar-refractivity contribution in [2.75, 3.05) is 19.6 Å². The number of ketones is 1. The standard InChI is InChI=1S/C23H30ClF3N2OS/c1-2-3-4-5-6-9-22(24)10-8-15-16-13-28-14-17(20(30)23(25,26)27)18(16)29-11-7-12-31-21(22)19(15)29/h7,12,17-18,28H,2-6,8-11,13-14H2,1H3. The lowest BCUT2D eigenvalue weighted by Crippen LogP contribution is -2.53. The third-order valence-electron chi connectivity index (χ3n) is 6.98. The summed E-state index contributed by atoms with van der Waals surface area (Å²) in [5.74, 6) is -2.75. The van der Waals surface area contributed by atoms with E-state index in [0.717, 1.165) is 53.9 Å². The Morgan fingerprint density at radius 2 is 2.10 bits per heavy atom. The Morgan fingerprint density at radius 1 is 1.32 bits per heavy atom. The van der Waals surface area contributed by atoms with Crippen LogP contribution >= 0.6 is 23.4 Å². The van der Waals surface area contributed by atoms with E-state index in [1.807, 2.05) is 16.4 Å². The summed E-state index contributed by atoms with van der Waals surface area (Å²) in [6.07, 6.45) is 5.42. The summed E-state index contributed by atoms with van der Waals surface area (Å²) in [5.41, 5.74) is 3.08. The van der Waals surface area contributed by atoms with Crippen molar-refractivity contribution in [3.05, 3.63) is 33.2 Å². The number of rotatable bonds is 7. The molecular formula is C23H30ClF3N2OS. The zero-order valence-corrected chi connectivity index (χ0v) is 19.4. The van der Waals surface area contributed by atoms with Crippen LogP contribution in [0.5, 0.6) is 0 Å². The fourth-order valence-electron chi connectivity index (χ4n) is 5.50. The van der Waals surface area contributed by atoms with Gasteiger partial charge in [-0.3, -0.25) is 4.79 Å². The molecule has 0 aromatic heterocycles. The summed E-state index contributed by atoms with van der Waals surface area (Å²) >= 11 is 8.85. The summed E-state index contributed by atoms with van der Waals surface area (Å²) in [7, 11) is 0. The highest BCUT2D eigenvalue weighted by molar-refractivity contribution is 8.06. The van der Waals surface area contributed by atoms with Gasteiger partial charge in [0.05, 0.1) is 22.5 Å². The van der Waals surface area contributed by atoms with E-state index in [9.17, 15) is 18.0 Å². The van der Waals surface area contributed by atoms with E-state index in [1.165, 1.54) is 19.3 Å². The van der Waals surface area contributed by atoms with Crippen LogP contribution in [0.2, 0.25) is 0 Å². The second-order valence-corrected chi connectivity index (χ2v) is 10.6. The summed E-state index contributed by atoms with van der Waals surface area (Å²) < 4.78 is 40.1. The van der Waals surface area contributed by atoms with Crippen molar-refractivity contribution in [3.8, 4) is 0 Å². The molecule has 0 saturated carbocycles. The molecule has 3 atom stereocenters. The summed E-state index contributed by atoms with van der Waals surface area (Å²) in [6.45, 7) is 3.30. The molecule has 3 unspecified atom stereocenters. The van der Waals surface area contributed by atoms with E-state index in [0.29, 0.717) is 13.1 Å². The Morgan fingerprint density at radius 3 is 2.84 bits per heavy atom. The lowest BCUT2D eigenvalue weighted by Gasteiger charge is -2.40. The molecule has 3 heterocycles. The van der Waals surface area contributed by atoms with Crippen molar-refractivity contribution in [3.63, 3.8) is 0 Å². The molecule has 0 spiro atoms. The molecule has 0 bridgehead atoms. The van der Waals surface area contributed by atoms with Gasteiger partial charge in [-0.25, -0.2) is 0 Å². The molecule has 8 heteroatoms. The van der Waals surface area contributed by atoms with Gasteiger partial charge in [-0.05, 0) is 35.8 Å². The van der Waals surface area contributed by atoms with E-state index in [1.54, 1.807) is 11.8 Å². The van der Waals surface area contributed by atoms with Gasteiger partial charge in [0.15, 0.2) is 0 Å². The highest BCUT2D eigenvalue weighted by Gasteiger charge is 2.54. The number of piperidine rings is 1. The minimum absolute atomic E-state index is 0.0548. The average Bonchev–Trinajstić information content (AvgIpc) is 2.88. The number of carbonyl (C=O) groups is 1. The molecule has 0 amide bonds. The number of unbranched alkanes of at least 4 members (excludes halogenated alkanes) is 4. The van der Waals surface area contributed by atoms with Crippen molar-refractivity contribution in [2.24, 2.45) is 5.92 Å². The van der Waals surface area contributed by atoms with Crippen LogP contribution in [0.15, 0.2) is 33.2 Å². The molecule has 1 aliphatic carbocycles. The molecule has 172 valence electrons. The van der Waals surface area contributed by atoms with Crippen LogP contribution in [0.25, 0.3) is 0 Å². The first-order chi connectivity index (χ1) is 14.8. The molecule has 1 N–H and O–H groups in total. The SMILES string of the molecule is CCCCCCCC1(Cl)CCC2=C3CNCC(C(=O)C(F)(F)F)C3N3CC=CSC1=C23. The second-order valence-electron chi connectivity index (χ2n) is 9.00. The third-order valence-corrected chi connectivity index (χ3v) is 8.81. The number of Topliss-reactive ketones (excluding diaryl/α,β-unsaturated/α-hetero) is 1. The monoisotopic (exact) mass is 474 g/mol. The second kappa shape index (κ2) is 9.14. The summed E-state index contributed by atoms with van der Waals surface area (Å²) in [5, 5.41) is 5.09. The Hall–Kier alpha value is -0.920. The van der Waals surface area contributed by atoms with Crippen LogP contribution in [-0.2, 0) is 4.79 Å². The van der Waals surface area contributed by atoms with Crippen LogP contribution < -0.4 is 5.32 Å². The number of nitrogens with one attached hydrogen (secondary N) is 1. The first-order valence-corrected chi connectivity index (χ1v) is 12.6. The fourth-order valence-corrected chi connectivity index (χ4v) is 7.04. The molecule has 0 radical (unpaired) electrons. The molecule has 3 aliphatic heterocycles. The Bertz CT molecular complexity index is 822. The van der Waals surface area contributed by atoms with Crippen molar-refractivity contribution >= 4 is 29.1 Å². The number of hydrogen-bond donors (Lipinski definition) is 1. The van der Waals surface area contributed by atoms with E-state index < -0.39 is 28.8 Å². The van der Waals surface area contributed by atoms with Crippen LogP contribution in [0.1, 0.15) is 58.3 Å². The van der Waals surface area contributed by atoms with Crippen LogP contribution in [0, 0.1) is 5.92 Å². The number of alkyl halides is 4. The number of thioether (sulfide) groups is 1. The minimum atomic E-state index is -4.82. The molecule has 0 aromatic rings. The zero-order chi connectivity index (χ0) is 22.2. The largest absolute Gasteiger partial charge is 0.450 e. The van der Waals surface area contributed by atoms with Gasteiger partial charge in [-0.15, -0.1) is 11.6 Å². The van der Waals surface area contributed by atoms with Gasteiger partial charge < -0.3 is 10.2 Å². The number of hydrogen-bond acceptors (Lipinski definition) is 4. The van der Waals surface area contributed by atoms with E-state index in [-0.39, 0.29) is 6.54 Å². The molecule has 4 rings (SSSR count). The minimum Gasteiger partial charge on any atom is -0.359 e. The Kier molecular flexibility index (Phi) is 6.86. The lowest BCUT2D eigenvalue weighted by atomic mass is 9.82. The van der Waals surface area contributed by atoms with E-state index in [2.05, 4.69) is 12.2 Å². The van der Waals surface area contributed by atoms with Crippen molar-refractivity contribution in [1.29, 1.82) is 0 Å². The molecule has 1 fully saturated rings. The maximum atomic E-state index is 13.4. The van der Waals surface area contributed by atoms with Crippen LogP contribution in [0.4, 0.5) is 13.2 Å². The molecule has 1 saturated heterocycles. The highest BCUT2D eigenvalue weighted by Crippen LogP contribution is 2.56. The lowest BCUT2D eigenvalue weighted by molar-refractivity contribution is -0.177. The Labute approximate surface area is 191 Å². The average molecular weight is 475 g/mol. The van der Waals surface area contributed by atoms with Gasteiger partial charge in [0.2, 0.25) is 5.78 Å². The topological polar surface area (TPSA) is 32.3 Å². The summed E-state index contributed by atoms with van der Waals surface area (Å²) in [6, 6.07) is -0.526. The maximum absolute atomic E-state index is 13.4. The molecule has 4 aliphatic rings. The quantitative estimate of drug-likeness (QED) is 0.366. The fraction of sp³-hybridized carbons (Fsp3) is 0.696. The Balaban J connectivity index is 1.67. The third kappa shape index (κ3) is 4.34. The number of carbonyl (C=O) groups excluding carboxylic acids is 1. The predicted molar refractivity (Wildman–Crippen MR) is 120 cm³/mol. The van der Waals surface area contributed by atoms with Crippen molar-refractivity contribution in [1.82, 2.24) is 10.2 Å². The van der Waals surface area contributed by atoms with Gasteiger partial charge >= 0.3 is 6.18 Å². The van der Waals surface area contributed by atoms with Gasteiger partial charge in [-0.2, -0.15) is 13.2 Å². The zero-order valence-electron chi connectivity index (χ0n) is 17.9. The normalized spacial score (nSPS) is 30.4. The molecular weight excluding hydrogens is 445 g/mol. The van der Waals surface area contributed by atoms with Gasteiger partial charge in [0.25, 0.3) is 0 Å². The number of allylic oxidation sites excluding steroid dienone is 2. The molecule has 3 nitrogen and oxygen atoms in total. The van der Waals surface area contributed by atoms with Gasteiger partial charge in [-0.1, -0.05) is 56.9 Å². The van der Waals surface area contributed by atoms with E-state index in [4.69, 9.17) is 11.6 Å². The highest BCUT2D eigenvalue weighted by atomic mass is 35.5.